The molecule has 1 saturated heterocycles. The first kappa shape index (κ1) is 23.3. The van der Waals surface area contributed by atoms with Crippen LogP contribution in [0.4, 0.5) is 5.69 Å². The van der Waals surface area contributed by atoms with Gasteiger partial charge in [-0.3, -0.25) is 9.59 Å². The minimum Gasteiger partial charge on any atom is -0.341 e. The molecule has 1 aliphatic heterocycles. The maximum Gasteiger partial charge on any atom is 0.266 e. The van der Waals surface area contributed by atoms with Crippen LogP contribution < -0.4 is 5.32 Å². The van der Waals surface area contributed by atoms with Gasteiger partial charge >= 0.3 is 0 Å². The molecule has 1 aromatic heterocycles. The van der Waals surface area contributed by atoms with Crippen molar-refractivity contribution in [2.45, 2.75) is 40.2 Å². The van der Waals surface area contributed by atoms with E-state index < -0.39 is 5.91 Å². The molecular formula is C28H30N4O2. The zero-order valence-electron chi connectivity index (χ0n) is 20.0. The van der Waals surface area contributed by atoms with E-state index >= 15 is 0 Å². The molecule has 2 amide bonds. The lowest BCUT2D eigenvalue weighted by Crippen LogP contribution is -2.39. The fraction of sp³-hybridized carbons (Fsp3) is 0.321. The quantitative estimate of drug-likeness (QED) is 0.432. The Bertz CT molecular complexity index is 1300. The number of hydrogen-bond donors (Lipinski definition) is 1. The highest BCUT2D eigenvalue weighted by Crippen LogP contribution is 2.25. The number of amides is 2. The maximum absolute atomic E-state index is 12.9. The molecule has 0 atom stereocenters. The number of nitriles is 1. The van der Waals surface area contributed by atoms with Crippen molar-refractivity contribution in [3.63, 3.8) is 0 Å². The fourth-order valence-electron chi connectivity index (χ4n) is 4.40. The lowest BCUT2D eigenvalue weighted by atomic mass is 9.99. The van der Waals surface area contributed by atoms with Crippen molar-refractivity contribution in [1.29, 1.82) is 5.26 Å². The van der Waals surface area contributed by atoms with Gasteiger partial charge in [-0.2, -0.15) is 5.26 Å². The van der Waals surface area contributed by atoms with E-state index in [1.807, 2.05) is 78.0 Å². The summed E-state index contributed by atoms with van der Waals surface area (Å²) in [6.07, 6.45) is 5.53. The van der Waals surface area contributed by atoms with Gasteiger partial charge in [-0.15, -0.1) is 0 Å². The van der Waals surface area contributed by atoms with Gasteiger partial charge < -0.3 is 14.8 Å². The molecular weight excluding hydrogens is 424 g/mol. The third-order valence-corrected chi connectivity index (χ3v) is 6.78. The lowest BCUT2D eigenvalue weighted by Gasteiger charge is -2.30. The average molecular weight is 455 g/mol. The van der Waals surface area contributed by atoms with Gasteiger partial charge in [0, 0.05) is 41.4 Å². The molecule has 1 fully saturated rings. The Hall–Kier alpha value is -3.85. The maximum atomic E-state index is 12.9. The Balaban J connectivity index is 1.61. The van der Waals surface area contributed by atoms with Crippen molar-refractivity contribution in [1.82, 2.24) is 9.47 Å². The van der Waals surface area contributed by atoms with Crippen LogP contribution in [0.3, 0.4) is 0 Å². The van der Waals surface area contributed by atoms with E-state index in [1.54, 1.807) is 6.08 Å². The van der Waals surface area contributed by atoms with Gasteiger partial charge in [0.15, 0.2) is 0 Å². The van der Waals surface area contributed by atoms with E-state index in [4.69, 9.17) is 0 Å². The summed E-state index contributed by atoms with van der Waals surface area (Å²) in [6, 6.07) is 15.5. The Kier molecular flexibility index (Phi) is 6.83. The fourth-order valence-corrected chi connectivity index (χ4v) is 4.40. The van der Waals surface area contributed by atoms with E-state index in [-0.39, 0.29) is 18.0 Å². The van der Waals surface area contributed by atoms with Crippen molar-refractivity contribution >= 4 is 34.5 Å². The number of fused-ring (bicyclic) bond motifs is 1. The first-order valence-electron chi connectivity index (χ1n) is 11.7. The molecule has 0 saturated carbocycles. The van der Waals surface area contributed by atoms with Crippen molar-refractivity contribution < 1.29 is 9.59 Å². The lowest BCUT2D eigenvalue weighted by molar-refractivity contribution is -0.133. The molecule has 6 heteroatoms. The number of carbonyl (C=O) groups is 2. The minimum atomic E-state index is -0.452. The second kappa shape index (κ2) is 9.96. The van der Waals surface area contributed by atoms with Gasteiger partial charge in [-0.25, -0.2) is 0 Å². The smallest absolute Gasteiger partial charge is 0.266 e. The molecule has 174 valence electrons. The largest absolute Gasteiger partial charge is 0.341 e. The summed E-state index contributed by atoms with van der Waals surface area (Å²) in [6.45, 7) is 7.97. The van der Waals surface area contributed by atoms with Gasteiger partial charge in [0.1, 0.15) is 18.2 Å². The summed E-state index contributed by atoms with van der Waals surface area (Å²) >= 11 is 0. The molecule has 6 nitrogen and oxygen atoms in total. The van der Waals surface area contributed by atoms with Crippen LogP contribution in [0, 0.1) is 31.1 Å². The second-order valence-corrected chi connectivity index (χ2v) is 9.16. The van der Waals surface area contributed by atoms with Crippen LogP contribution in [-0.4, -0.2) is 34.4 Å². The molecule has 4 rings (SSSR count). The van der Waals surface area contributed by atoms with Crippen LogP contribution in [0.2, 0.25) is 0 Å². The third-order valence-electron chi connectivity index (χ3n) is 6.78. The van der Waals surface area contributed by atoms with Crippen molar-refractivity contribution in [3.05, 3.63) is 70.9 Å². The number of aromatic nitrogens is 1. The predicted molar refractivity (Wildman–Crippen MR) is 135 cm³/mol. The highest BCUT2D eigenvalue weighted by atomic mass is 16.2. The Morgan fingerprint density at radius 1 is 1.12 bits per heavy atom. The van der Waals surface area contributed by atoms with Gasteiger partial charge in [0.25, 0.3) is 5.91 Å². The van der Waals surface area contributed by atoms with Gasteiger partial charge in [-0.05, 0) is 61.9 Å². The van der Waals surface area contributed by atoms with E-state index in [9.17, 15) is 14.9 Å². The highest BCUT2D eigenvalue weighted by molar-refractivity contribution is 6.11. The van der Waals surface area contributed by atoms with Gasteiger partial charge in [0.05, 0.1) is 0 Å². The summed E-state index contributed by atoms with van der Waals surface area (Å²) in [4.78, 5) is 27.8. The van der Waals surface area contributed by atoms with Crippen molar-refractivity contribution in [2.75, 3.05) is 18.4 Å². The normalized spacial score (nSPS) is 14.8. The Morgan fingerprint density at radius 2 is 1.85 bits per heavy atom. The molecule has 0 bridgehead atoms. The number of anilines is 1. The Morgan fingerprint density at radius 3 is 2.59 bits per heavy atom. The number of carbonyl (C=O) groups excluding carboxylic acids is 2. The minimum absolute atomic E-state index is 0.0140. The predicted octanol–water partition coefficient (Wildman–Crippen LogP) is 5.06. The Labute approximate surface area is 200 Å². The number of nitrogens with zero attached hydrogens (tertiary/aromatic N) is 3. The zero-order valence-corrected chi connectivity index (χ0v) is 20.0. The van der Waals surface area contributed by atoms with Crippen LogP contribution >= 0.6 is 0 Å². The molecule has 1 N–H and O–H groups in total. The topological polar surface area (TPSA) is 78.1 Å². The molecule has 0 aliphatic carbocycles. The summed E-state index contributed by atoms with van der Waals surface area (Å²) in [5, 5.41) is 13.5. The molecule has 3 aromatic rings. The van der Waals surface area contributed by atoms with Crippen LogP contribution in [0.15, 0.2) is 54.2 Å². The second-order valence-electron chi connectivity index (χ2n) is 9.16. The van der Waals surface area contributed by atoms with Crippen molar-refractivity contribution in [3.8, 4) is 6.07 Å². The molecule has 34 heavy (non-hydrogen) atoms. The summed E-state index contributed by atoms with van der Waals surface area (Å²) in [5.41, 5.74) is 4.38. The molecule has 1 aliphatic rings. The summed E-state index contributed by atoms with van der Waals surface area (Å²) < 4.78 is 1.92. The first-order chi connectivity index (χ1) is 16.4. The van der Waals surface area contributed by atoms with Crippen LogP contribution in [0.25, 0.3) is 17.0 Å². The number of rotatable bonds is 5. The SMILES string of the molecule is Cc1cccc(NC(=O)/C(C#N)=C/c2cn(CC(=O)N3CCC(C)CC3)c3ccccc23)c1C. The van der Waals surface area contributed by atoms with E-state index in [0.29, 0.717) is 11.6 Å². The van der Waals surface area contributed by atoms with E-state index in [1.165, 1.54) is 0 Å². The third kappa shape index (κ3) is 4.89. The van der Waals surface area contributed by atoms with Crippen LogP contribution in [0.5, 0.6) is 0 Å². The van der Waals surface area contributed by atoms with Gasteiger partial charge in [-0.1, -0.05) is 37.3 Å². The summed E-state index contributed by atoms with van der Waals surface area (Å²) in [7, 11) is 0. The highest BCUT2D eigenvalue weighted by Gasteiger charge is 2.21. The number of nitrogens with one attached hydrogen (secondary N) is 1. The molecule has 0 radical (unpaired) electrons. The molecule has 0 spiro atoms. The van der Waals surface area contributed by atoms with Crippen LogP contribution in [-0.2, 0) is 16.1 Å². The number of piperidine rings is 1. The number of aryl methyl sites for hydroxylation is 1. The van der Waals surface area contributed by atoms with E-state index in [0.717, 1.165) is 53.5 Å². The first-order valence-corrected chi connectivity index (χ1v) is 11.7. The summed E-state index contributed by atoms with van der Waals surface area (Å²) in [5.74, 6) is 0.301. The average Bonchev–Trinajstić information content (AvgIpc) is 3.17. The number of hydrogen-bond acceptors (Lipinski definition) is 3. The van der Waals surface area contributed by atoms with Gasteiger partial charge in [0.2, 0.25) is 5.91 Å². The van der Waals surface area contributed by atoms with Crippen molar-refractivity contribution in [2.24, 2.45) is 5.92 Å². The molecule has 2 aromatic carbocycles. The monoisotopic (exact) mass is 454 g/mol. The van der Waals surface area contributed by atoms with Crippen LogP contribution in [0.1, 0.15) is 36.5 Å². The molecule has 0 unspecified atom stereocenters. The molecule has 2 heterocycles. The number of para-hydroxylation sites is 1. The number of benzene rings is 2. The zero-order chi connectivity index (χ0) is 24.2. The number of likely N-dealkylation sites (tertiary alicyclic amines) is 1. The standard InChI is InChI=1S/C28H30N4O2/c1-19-11-13-31(14-12-19)27(33)18-32-17-23(24-8-4-5-10-26(24)32)15-22(16-29)28(34)30-25-9-6-7-20(2)21(25)3/h4-10,15,17,19H,11-14,18H2,1-3H3,(H,30,34)/b22-15+. The van der Waals surface area contributed by atoms with E-state index in [2.05, 4.69) is 12.2 Å².